The van der Waals surface area contributed by atoms with Crippen LogP contribution in [0.1, 0.15) is 41.6 Å². The van der Waals surface area contributed by atoms with E-state index >= 15 is 0 Å². The van der Waals surface area contributed by atoms with E-state index in [1.807, 2.05) is 29.0 Å². The summed E-state index contributed by atoms with van der Waals surface area (Å²) in [5, 5.41) is 3.22. The van der Waals surface area contributed by atoms with Crippen LogP contribution in [0.5, 0.6) is 0 Å². The Hall–Kier alpha value is -2.45. The fourth-order valence-corrected chi connectivity index (χ4v) is 5.69. The molecule has 5 heterocycles. The van der Waals surface area contributed by atoms with Crippen molar-refractivity contribution in [3.05, 3.63) is 54.2 Å². The number of hydrogen-bond donors (Lipinski definition) is 1. The van der Waals surface area contributed by atoms with Crippen LogP contribution in [0.2, 0.25) is 0 Å². The van der Waals surface area contributed by atoms with Crippen molar-refractivity contribution in [2.24, 2.45) is 0 Å². The Labute approximate surface area is 186 Å². The number of imidazole rings is 1. The number of nitrogens with zero attached hydrogens (tertiary/aromatic N) is 5. The molecule has 1 amide bonds. The Kier molecular flexibility index (Phi) is 6.18. The van der Waals surface area contributed by atoms with Crippen molar-refractivity contribution in [3.63, 3.8) is 0 Å². The summed E-state index contributed by atoms with van der Waals surface area (Å²) in [5.74, 6) is 2.52. The molecule has 1 N–H and O–H groups in total. The molecule has 0 unspecified atom stereocenters. The van der Waals surface area contributed by atoms with E-state index in [0.717, 1.165) is 48.7 Å². The van der Waals surface area contributed by atoms with Crippen molar-refractivity contribution < 1.29 is 4.79 Å². The van der Waals surface area contributed by atoms with Gasteiger partial charge in [0.25, 0.3) is 5.91 Å². The molecule has 0 aromatic carbocycles. The third kappa shape index (κ3) is 4.75. The summed E-state index contributed by atoms with van der Waals surface area (Å²) in [6, 6.07) is 6.76. The van der Waals surface area contributed by atoms with Gasteiger partial charge >= 0.3 is 0 Å². The number of carbonyl (C=O) groups excluding carboxylic acids is 1. The Balaban J connectivity index is 1.19. The molecule has 0 aliphatic carbocycles. The Morgan fingerprint density at radius 2 is 1.97 bits per heavy atom. The average Bonchev–Trinajstić information content (AvgIpc) is 3.23. The van der Waals surface area contributed by atoms with Crippen LogP contribution < -0.4 is 5.32 Å². The lowest BCUT2D eigenvalue weighted by Gasteiger charge is -2.39. The van der Waals surface area contributed by atoms with Gasteiger partial charge in [0.1, 0.15) is 5.52 Å². The highest BCUT2D eigenvalue weighted by molar-refractivity contribution is 7.99. The summed E-state index contributed by atoms with van der Waals surface area (Å²) in [6.07, 6.45) is 11.7. The third-order valence-corrected chi connectivity index (χ3v) is 7.41. The van der Waals surface area contributed by atoms with E-state index < -0.39 is 0 Å². The van der Waals surface area contributed by atoms with E-state index in [4.69, 9.17) is 0 Å². The Bertz CT molecular complexity index is 1020. The molecule has 0 saturated carbocycles. The normalized spacial score (nSPS) is 19.0. The van der Waals surface area contributed by atoms with Crippen molar-refractivity contribution in [2.75, 3.05) is 24.6 Å². The van der Waals surface area contributed by atoms with Crippen molar-refractivity contribution >= 4 is 28.8 Å². The molecule has 31 heavy (non-hydrogen) atoms. The van der Waals surface area contributed by atoms with Gasteiger partial charge in [0.05, 0.1) is 18.4 Å². The summed E-state index contributed by atoms with van der Waals surface area (Å²) in [4.78, 5) is 28.6. The van der Waals surface area contributed by atoms with Crippen molar-refractivity contribution in [3.8, 4) is 0 Å². The van der Waals surface area contributed by atoms with Crippen LogP contribution >= 0.6 is 11.8 Å². The second-order valence-corrected chi connectivity index (χ2v) is 9.65. The molecule has 2 saturated heterocycles. The monoisotopic (exact) mass is 436 g/mol. The Morgan fingerprint density at radius 1 is 1.13 bits per heavy atom. The second kappa shape index (κ2) is 9.36. The van der Waals surface area contributed by atoms with Gasteiger partial charge in [-0.2, -0.15) is 11.8 Å². The molecule has 0 radical (unpaired) electrons. The number of pyridine rings is 2. The van der Waals surface area contributed by atoms with E-state index in [1.165, 1.54) is 24.3 Å². The van der Waals surface area contributed by atoms with Gasteiger partial charge in [-0.05, 0) is 54.9 Å². The molecule has 5 rings (SSSR count). The standard InChI is InChI=1S/C23H28N6OS/c30-23(27-19-3-8-28(9-4-19)20-5-10-31-11-6-20)18-12-21-22(25-14-18)29(16-26-21)15-17-2-1-7-24-13-17/h1-2,7,12-14,16,19-20H,3-6,8-11,15H2,(H,27,30). The number of piperidine rings is 1. The molecule has 0 spiro atoms. The van der Waals surface area contributed by atoms with Crippen LogP contribution in [0.4, 0.5) is 0 Å². The van der Waals surface area contributed by atoms with Crippen LogP contribution in [0.15, 0.2) is 43.1 Å². The second-order valence-electron chi connectivity index (χ2n) is 8.43. The lowest BCUT2D eigenvalue weighted by atomic mass is 10.0. The van der Waals surface area contributed by atoms with Crippen LogP contribution in [0.25, 0.3) is 11.2 Å². The van der Waals surface area contributed by atoms with Crippen LogP contribution in [-0.2, 0) is 6.54 Å². The van der Waals surface area contributed by atoms with Gasteiger partial charge in [-0.1, -0.05) is 6.07 Å². The number of likely N-dealkylation sites (tertiary alicyclic amines) is 1. The summed E-state index contributed by atoms with van der Waals surface area (Å²) >= 11 is 2.07. The number of thioether (sulfide) groups is 1. The first kappa shape index (κ1) is 20.5. The van der Waals surface area contributed by atoms with E-state index in [1.54, 1.807) is 18.7 Å². The molecule has 2 aliphatic rings. The fourth-order valence-electron chi connectivity index (χ4n) is 4.61. The molecule has 0 bridgehead atoms. The van der Waals surface area contributed by atoms with E-state index in [9.17, 15) is 4.79 Å². The number of amides is 1. The summed E-state index contributed by atoms with van der Waals surface area (Å²) < 4.78 is 1.98. The lowest BCUT2D eigenvalue weighted by Crippen LogP contribution is -2.48. The van der Waals surface area contributed by atoms with E-state index in [0.29, 0.717) is 12.1 Å². The average molecular weight is 437 g/mol. The minimum Gasteiger partial charge on any atom is -0.349 e. The maximum Gasteiger partial charge on any atom is 0.253 e. The minimum atomic E-state index is -0.0521. The number of aromatic nitrogens is 4. The molecule has 7 nitrogen and oxygen atoms in total. The highest BCUT2D eigenvalue weighted by atomic mass is 32.2. The molecule has 162 valence electrons. The first-order valence-corrected chi connectivity index (χ1v) is 12.2. The topological polar surface area (TPSA) is 75.9 Å². The fraction of sp³-hybridized carbons (Fsp3) is 0.478. The van der Waals surface area contributed by atoms with E-state index in [2.05, 4.69) is 36.9 Å². The zero-order chi connectivity index (χ0) is 21.0. The first-order chi connectivity index (χ1) is 15.3. The SMILES string of the molecule is O=C(NC1CCN(C2CCSCC2)CC1)c1cnc2c(c1)ncn2Cc1cccnc1. The van der Waals surface area contributed by atoms with Gasteiger partial charge in [-0.25, -0.2) is 9.97 Å². The molecule has 8 heteroatoms. The van der Waals surface area contributed by atoms with Gasteiger partial charge < -0.3 is 14.8 Å². The molecular weight excluding hydrogens is 408 g/mol. The Morgan fingerprint density at radius 3 is 2.74 bits per heavy atom. The van der Waals surface area contributed by atoms with Crippen LogP contribution in [0, 0.1) is 0 Å². The van der Waals surface area contributed by atoms with Crippen molar-refractivity contribution in [1.82, 2.24) is 29.7 Å². The van der Waals surface area contributed by atoms with Crippen molar-refractivity contribution in [1.29, 1.82) is 0 Å². The van der Waals surface area contributed by atoms with Gasteiger partial charge in [0, 0.05) is 43.8 Å². The number of nitrogens with one attached hydrogen (secondary N) is 1. The maximum atomic E-state index is 12.8. The number of hydrogen-bond acceptors (Lipinski definition) is 6. The van der Waals surface area contributed by atoms with Crippen LogP contribution in [0.3, 0.4) is 0 Å². The van der Waals surface area contributed by atoms with Crippen LogP contribution in [-0.4, -0.2) is 67.0 Å². The number of fused-ring (bicyclic) bond motifs is 1. The van der Waals surface area contributed by atoms with Crippen molar-refractivity contribution in [2.45, 2.75) is 44.3 Å². The van der Waals surface area contributed by atoms with Gasteiger partial charge in [0.2, 0.25) is 0 Å². The van der Waals surface area contributed by atoms with E-state index in [-0.39, 0.29) is 11.9 Å². The highest BCUT2D eigenvalue weighted by Gasteiger charge is 2.27. The number of rotatable bonds is 5. The maximum absolute atomic E-state index is 12.8. The predicted octanol–water partition coefficient (Wildman–Crippen LogP) is 2.96. The minimum absolute atomic E-state index is 0.0521. The van der Waals surface area contributed by atoms with Gasteiger partial charge in [-0.3, -0.25) is 9.78 Å². The molecule has 3 aromatic rings. The molecular formula is C23H28N6OS. The zero-order valence-corrected chi connectivity index (χ0v) is 18.4. The molecule has 2 fully saturated rings. The summed E-state index contributed by atoms with van der Waals surface area (Å²) in [7, 11) is 0. The smallest absolute Gasteiger partial charge is 0.253 e. The molecule has 0 atom stereocenters. The first-order valence-electron chi connectivity index (χ1n) is 11.1. The zero-order valence-electron chi connectivity index (χ0n) is 17.6. The summed E-state index contributed by atoms with van der Waals surface area (Å²) in [6.45, 7) is 2.81. The number of carbonyl (C=O) groups is 1. The third-order valence-electron chi connectivity index (χ3n) is 6.37. The largest absolute Gasteiger partial charge is 0.349 e. The molecule has 3 aromatic heterocycles. The van der Waals surface area contributed by atoms with Gasteiger partial charge in [-0.15, -0.1) is 0 Å². The van der Waals surface area contributed by atoms with Gasteiger partial charge in [0.15, 0.2) is 5.65 Å². The summed E-state index contributed by atoms with van der Waals surface area (Å²) in [5.41, 5.74) is 3.18. The lowest BCUT2D eigenvalue weighted by molar-refractivity contribution is 0.0886. The molecule has 2 aliphatic heterocycles. The highest BCUT2D eigenvalue weighted by Crippen LogP contribution is 2.24. The quantitative estimate of drug-likeness (QED) is 0.663. The predicted molar refractivity (Wildman–Crippen MR) is 123 cm³/mol.